The summed E-state index contributed by atoms with van der Waals surface area (Å²) < 4.78 is 62.9. The molecule has 0 aliphatic rings. The first kappa shape index (κ1) is 16.9. The van der Waals surface area contributed by atoms with Gasteiger partial charge in [0.1, 0.15) is 4.21 Å². The van der Waals surface area contributed by atoms with Crippen LogP contribution in [0.3, 0.4) is 0 Å². The lowest BCUT2D eigenvalue weighted by molar-refractivity contribution is -0.201. The highest BCUT2D eigenvalue weighted by Gasteiger charge is 2.59. The smallest absolute Gasteiger partial charge is 0.418 e. The van der Waals surface area contributed by atoms with Crippen molar-refractivity contribution >= 4 is 27.3 Å². The summed E-state index contributed by atoms with van der Waals surface area (Å²) >= 11 is 0.792. The van der Waals surface area contributed by atoms with Crippen LogP contribution in [-0.4, -0.2) is 31.2 Å². The molecule has 2 N–H and O–H groups in total. The molecule has 10 heteroatoms. The van der Waals surface area contributed by atoms with Gasteiger partial charge in [-0.05, 0) is 25.5 Å². The van der Waals surface area contributed by atoms with Crippen molar-refractivity contribution in [1.82, 2.24) is 4.72 Å². The zero-order valence-electron chi connectivity index (χ0n) is 10.5. The zero-order chi connectivity index (χ0) is 15.8. The first-order valence-corrected chi connectivity index (χ1v) is 7.67. The number of hydrogen-bond acceptors (Lipinski definition) is 4. The second-order valence-electron chi connectivity index (χ2n) is 4.11. The minimum atomic E-state index is -5.27. The fraction of sp³-hybridized carbons (Fsp3) is 0.500. The number of rotatable bonds is 5. The summed E-state index contributed by atoms with van der Waals surface area (Å²) in [4.78, 5) is 11.5. The molecule has 0 aliphatic heterocycles. The van der Waals surface area contributed by atoms with Gasteiger partial charge in [-0.15, -0.1) is 11.3 Å². The molecule has 0 aliphatic carbocycles. The molecule has 1 unspecified atom stereocenters. The van der Waals surface area contributed by atoms with Crippen molar-refractivity contribution in [3.8, 4) is 0 Å². The predicted molar refractivity (Wildman–Crippen MR) is 66.1 cm³/mol. The second kappa shape index (κ2) is 5.34. The van der Waals surface area contributed by atoms with Crippen molar-refractivity contribution in [2.75, 3.05) is 0 Å². The molecule has 1 aromatic heterocycles. The first-order chi connectivity index (χ1) is 8.94. The van der Waals surface area contributed by atoms with Gasteiger partial charge in [0.25, 0.3) is 10.0 Å². The standard InChI is InChI=1S/C10H12F3NO4S2/c1-3-6-4-5-7(19-6)20(17,18)14-9(2,8(15)16)10(11,12)13/h4-5,14H,3H2,1-2H3,(H,15,16). The maximum Gasteiger partial charge on any atom is 0.418 e. The summed E-state index contributed by atoms with van der Waals surface area (Å²) in [5, 5.41) is 8.69. The monoisotopic (exact) mass is 331 g/mol. The van der Waals surface area contributed by atoms with Crippen LogP contribution >= 0.6 is 11.3 Å². The minimum absolute atomic E-state index is 0.265. The average molecular weight is 331 g/mol. The molecular weight excluding hydrogens is 319 g/mol. The van der Waals surface area contributed by atoms with Crippen LogP contribution in [0.5, 0.6) is 0 Å². The third-order valence-electron chi connectivity index (χ3n) is 2.58. The van der Waals surface area contributed by atoms with Gasteiger partial charge in [0.15, 0.2) is 0 Å². The Hall–Kier alpha value is -1.13. The quantitative estimate of drug-likeness (QED) is 0.864. The summed E-state index contributed by atoms with van der Waals surface area (Å²) in [7, 11) is -4.57. The van der Waals surface area contributed by atoms with E-state index in [-0.39, 0.29) is 11.1 Å². The number of carboxylic acids is 1. The Morgan fingerprint density at radius 1 is 1.40 bits per heavy atom. The second-order valence-corrected chi connectivity index (χ2v) is 7.19. The van der Waals surface area contributed by atoms with E-state index in [9.17, 15) is 26.4 Å². The maximum absolute atomic E-state index is 12.8. The van der Waals surface area contributed by atoms with Gasteiger partial charge in [-0.2, -0.15) is 17.9 Å². The number of aliphatic carboxylic acids is 1. The summed E-state index contributed by atoms with van der Waals surface area (Å²) in [6.45, 7) is 2.02. The molecule has 1 heterocycles. The van der Waals surface area contributed by atoms with E-state index in [0.29, 0.717) is 11.3 Å². The Balaban J connectivity index is 3.20. The molecule has 1 atom stereocenters. The third-order valence-corrected chi connectivity index (χ3v) is 5.86. The Morgan fingerprint density at radius 3 is 2.30 bits per heavy atom. The fourth-order valence-electron chi connectivity index (χ4n) is 1.23. The topological polar surface area (TPSA) is 83.5 Å². The van der Waals surface area contributed by atoms with E-state index >= 15 is 0 Å². The lowest BCUT2D eigenvalue weighted by Gasteiger charge is -2.27. The Bertz CT molecular complexity index is 608. The van der Waals surface area contributed by atoms with Crippen LogP contribution < -0.4 is 4.72 Å². The number of thiophene rings is 1. The Kier molecular flexibility index (Phi) is 4.52. The lowest BCUT2D eigenvalue weighted by Crippen LogP contribution is -2.61. The van der Waals surface area contributed by atoms with Crippen LogP contribution in [0.4, 0.5) is 13.2 Å². The number of carboxylic acid groups (broad SMARTS) is 1. The molecule has 0 saturated carbocycles. The maximum atomic E-state index is 12.8. The molecule has 114 valence electrons. The molecule has 0 saturated heterocycles. The highest BCUT2D eigenvalue weighted by atomic mass is 32.2. The van der Waals surface area contributed by atoms with E-state index in [1.807, 2.05) is 0 Å². The van der Waals surface area contributed by atoms with E-state index in [4.69, 9.17) is 5.11 Å². The SMILES string of the molecule is CCc1ccc(S(=O)(=O)NC(C)(C(=O)O)C(F)(F)F)s1. The van der Waals surface area contributed by atoms with Gasteiger partial charge in [-0.25, -0.2) is 13.2 Å². The normalized spacial score (nSPS) is 15.8. The molecule has 20 heavy (non-hydrogen) atoms. The number of alkyl halides is 3. The molecule has 0 bridgehead atoms. The highest BCUT2D eigenvalue weighted by molar-refractivity contribution is 7.91. The number of aryl methyl sites for hydroxylation is 1. The third kappa shape index (κ3) is 3.13. The average Bonchev–Trinajstić information content (AvgIpc) is 2.75. The molecule has 0 fully saturated rings. The van der Waals surface area contributed by atoms with E-state index in [0.717, 1.165) is 17.4 Å². The molecule has 0 radical (unpaired) electrons. The van der Waals surface area contributed by atoms with Gasteiger partial charge in [-0.3, -0.25) is 0 Å². The van der Waals surface area contributed by atoms with Crippen molar-refractivity contribution < 1.29 is 31.5 Å². The predicted octanol–water partition coefficient (Wildman–Crippen LogP) is 1.99. The van der Waals surface area contributed by atoms with Crippen molar-refractivity contribution in [2.24, 2.45) is 0 Å². The Labute approximate surface area is 117 Å². The van der Waals surface area contributed by atoms with E-state index < -0.39 is 27.7 Å². The summed E-state index contributed by atoms with van der Waals surface area (Å²) in [6.07, 6.45) is -4.74. The van der Waals surface area contributed by atoms with Gasteiger partial charge in [0, 0.05) is 4.88 Å². The summed E-state index contributed by atoms with van der Waals surface area (Å²) in [6, 6.07) is 2.61. The largest absolute Gasteiger partial charge is 0.480 e. The number of sulfonamides is 1. The van der Waals surface area contributed by atoms with E-state index in [2.05, 4.69) is 0 Å². The van der Waals surface area contributed by atoms with Crippen LogP contribution in [0, 0.1) is 0 Å². The number of halogens is 3. The molecule has 0 spiro atoms. The molecule has 1 aromatic rings. The van der Waals surface area contributed by atoms with Crippen LogP contribution in [0.15, 0.2) is 16.3 Å². The van der Waals surface area contributed by atoms with Crippen molar-refractivity contribution in [3.05, 3.63) is 17.0 Å². The van der Waals surface area contributed by atoms with E-state index in [1.165, 1.54) is 10.8 Å². The van der Waals surface area contributed by atoms with Gasteiger partial charge < -0.3 is 5.11 Å². The minimum Gasteiger partial charge on any atom is -0.480 e. The van der Waals surface area contributed by atoms with Crippen LogP contribution in [-0.2, 0) is 21.2 Å². The highest BCUT2D eigenvalue weighted by Crippen LogP contribution is 2.33. The number of hydrogen-bond donors (Lipinski definition) is 2. The van der Waals surface area contributed by atoms with Crippen LogP contribution in [0.25, 0.3) is 0 Å². The van der Waals surface area contributed by atoms with Gasteiger partial charge in [-0.1, -0.05) is 6.92 Å². The number of carbonyl (C=O) groups is 1. The molecule has 1 rings (SSSR count). The molecule has 5 nitrogen and oxygen atoms in total. The summed E-state index contributed by atoms with van der Waals surface area (Å²) in [5.74, 6) is -2.32. The van der Waals surface area contributed by atoms with Crippen molar-refractivity contribution in [3.63, 3.8) is 0 Å². The zero-order valence-corrected chi connectivity index (χ0v) is 12.1. The van der Waals surface area contributed by atoms with Gasteiger partial charge in [0.05, 0.1) is 0 Å². The Morgan fingerprint density at radius 2 is 1.95 bits per heavy atom. The van der Waals surface area contributed by atoms with Gasteiger partial charge >= 0.3 is 12.1 Å². The first-order valence-electron chi connectivity index (χ1n) is 5.37. The number of nitrogens with one attached hydrogen (secondary N) is 1. The summed E-state index contributed by atoms with van der Waals surface area (Å²) in [5.41, 5.74) is -3.58. The molecular formula is C10H12F3NO4S2. The van der Waals surface area contributed by atoms with E-state index in [1.54, 1.807) is 6.92 Å². The fourth-order valence-corrected chi connectivity index (χ4v) is 3.88. The van der Waals surface area contributed by atoms with Crippen LogP contribution in [0.2, 0.25) is 0 Å². The lowest BCUT2D eigenvalue weighted by atomic mass is 10.0. The molecule has 0 amide bonds. The van der Waals surface area contributed by atoms with Crippen molar-refractivity contribution in [2.45, 2.75) is 36.2 Å². The van der Waals surface area contributed by atoms with Gasteiger partial charge in [0.2, 0.25) is 5.54 Å². The van der Waals surface area contributed by atoms with Crippen molar-refractivity contribution in [1.29, 1.82) is 0 Å². The molecule has 0 aromatic carbocycles. The van der Waals surface area contributed by atoms with Crippen LogP contribution in [0.1, 0.15) is 18.7 Å².